The number of halogens is 3. The van der Waals surface area contributed by atoms with Crippen molar-refractivity contribution in [2.75, 3.05) is 11.4 Å². The molecule has 1 aliphatic heterocycles. The van der Waals surface area contributed by atoms with Crippen molar-refractivity contribution >= 4 is 17.6 Å². The highest BCUT2D eigenvalue weighted by Crippen LogP contribution is 2.40. The highest BCUT2D eigenvalue weighted by molar-refractivity contribution is 6.02. The lowest BCUT2D eigenvalue weighted by Crippen LogP contribution is -2.41. The van der Waals surface area contributed by atoms with Gasteiger partial charge in [0, 0.05) is 6.54 Å². The van der Waals surface area contributed by atoms with Crippen molar-refractivity contribution in [3.05, 3.63) is 29.3 Å². The summed E-state index contributed by atoms with van der Waals surface area (Å²) in [5, 5.41) is 9.03. The van der Waals surface area contributed by atoms with E-state index in [0.29, 0.717) is 10.5 Å². The number of fused-ring (bicyclic) bond motifs is 1. The number of carbonyl (C=O) groups is 2. The zero-order valence-electron chi connectivity index (χ0n) is 9.86. The minimum atomic E-state index is -5.02. The Morgan fingerprint density at radius 1 is 1.37 bits per heavy atom. The molecule has 1 aromatic rings. The number of carboxylic acids is 1. The van der Waals surface area contributed by atoms with E-state index in [2.05, 4.69) is 0 Å². The molecule has 2 rings (SSSR count). The number of benzene rings is 1. The van der Waals surface area contributed by atoms with Crippen molar-refractivity contribution in [1.29, 1.82) is 0 Å². The molecule has 0 aromatic heterocycles. The van der Waals surface area contributed by atoms with Gasteiger partial charge >= 0.3 is 18.1 Å². The average Bonchev–Trinajstić information content (AvgIpc) is 2.67. The van der Waals surface area contributed by atoms with Crippen LogP contribution in [-0.2, 0) is 9.59 Å². The summed E-state index contributed by atoms with van der Waals surface area (Å²) in [6.07, 6.45) is -5.02. The Morgan fingerprint density at radius 2 is 2.00 bits per heavy atom. The molecule has 0 fully saturated rings. The van der Waals surface area contributed by atoms with Gasteiger partial charge in [-0.05, 0) is 18.1 Å². The van der Waals surface area contributed by atoms with Gasteiger partial charge in [0.1, 0.15) is 5.92 Å². The van der Waals surface area contributed by atoms with E-state index < -0.39 is 30.5 Å². The minimum absolute atomic E-state index is 0.0530. The summed E-state index contributed by atoms with van der Waals surface area (Å²) in [6, 6.07) is 4.54. The Morgan fingerprint density at radius 3 is 2.53 bits per heavy atom. The quantitative estimate of drug-likeness (QED) is 0.852. The number of nitrogens with zero attached hydrogens (tertiary/aromatic N) is 1. The van der Waals surface area contributed by atoms with Crippen LogP contribution in [0.1, 0.15) is 17.0 Å². The second-order valence-electron chi connectivity index (χ2n) is 4.32. The molecule has 1 amide bonds. The molecule has 102 valence electrons. The fourth-order valence-electron chi connectivity index (χ4n) is 2.25. The molecular weight excluding hydrogens is 263 g/mol. The second-order valence-corrected chi connectivity index (χ2v) is 4.32. The summed E-state index contributed by atoms with van der Waals surface area (Å²) in [7, 11) is 0. The normalized spacial score (nSPS) is 18.3. The van der Waals surface area contributed by atoms with Crippen LogP contribution >= 0.6 is 0 Å². The Kier molecular flexibility index (Phi) is 3.00. The van der Waals surface area contributed by atoms with E-state index in [1.54, 1.807) is 19.1 Å². The van der Waals surface area contributed by atoms with Gasteiger partial charge in [0.05, 0.1) is 5.69 Å². The zero-order chi connectivity index (χ0) is 14.4. The van der Waals surface area contributed by atoms with Gasteiger partial charge in [-0.3, -0.25) is 9.59 Å². The summed E-state index contributed by atoms with van der Waals surface area (Å²) >= 11 is 0. The van der Waals surface area contributed by atoms with Gasteiger partial charge < -0.3 is 10.0 Å². The standard InChI is InChI=1S/C12H10F3NO3/c1-6-3-2-4-7-8(10(17)18)5-16(9(6)7)11(19)12(13,14)15/h2-4,8H,5H2,1H3,(H,17,18). The van der Waals surface area contributed by atoms with Crippen LogP contribution in [0.4, 0.5) is 18.9 Å². The van der Waals surface area contributed by atoms with Crippen molar-refractivity contribution in [2.45, 2.75) is 19.0 Å². The number of alkyl halides is 3. The predicted molar refractivity (Wildman–Crippen MR) is 60.0 cm³/mol. The van der Waals surface area contributed by atoms with Gasteiger partial charge in [-0.2, -0.15) is 13.2 Å². The van der Waals surface area contributed by atoms with E-state index >= 15 is 0 Å². The molecule has 1 aliphatic rings. The predicted octanol–water partition coefficient (Wildman–Crippen LogP) is 2.07. The summed E-state index contributed by atoms with van der Waals surface area (Å²) in [6.45, 7) is 1.05. The summed E-state index contributed by atoms with van der Waals surface area (Å²) in [5.41, 5.74) is 0.737. The van der Waals surface area contributed by atoms with Crippen LogP contribution in [0.15, 0.2) is 18.2 Å². The summed E-state index contributed by atoms with van der Waals surface area (Å²) in [4.78, 5) is 22.9. The molecule has 19 heavy (non-hydrogen) atoms. The Labute approximate surface area is 106 Å². The topological polar surface area (TPSA) is 57.6 Å². The maximum absolute atomic E-state index is 12.5. The number of para-hydroxylation sites is 1. The van der Waals surface area contributed by atoms with E-state index in [1.165, 1.54) is 6.07 Å². The molecule has 1 aromatic carbocycles. The van der Waals surface area contributed by atoms with E-state index in [1.807, 2.05) is 0 Å². The maximum Gasteiger partial charge on any atom is 0.471 e. The first kappa shape index (κ1) is 13.4. The Balaban J connectivity index is 2.52. The van der Waals surface area contributed by atoms with Crippen LogP contribution in [-0.4, -0.2) is 29.7 Å². The molecule has 1 atom stereocenters. The van der Waals surface area contributed by atoms with E-state index in [4.69, 9.17) is 5.11 Å². The number of rotatable bonds is 1. The Hall–Kier alpha value is -2.05. The zero-order valence-corrected chi connectivity index (χ0v) is 9.86. The van der Waals surface area contributed by atoms with Crippen LogP contribution in [0.2, 0.25) is 0 Å². The number of hydrogen-bond acceptors (Lipinski definition) is 2. The fourth-order valence-corrected chi connectivity index (χ4v) is 2.25. The van der Waals surface area contributed by atoms with E-state index in [9.17, 15) is 22.8 Å². The van der Waals surface area contributed by atoms with Crippen molar-refractivity contribution in [3.63, 3.8) is 0 Å². The van der Waals surface area contributed by atoms with Gasteiger partial charge in [0.15, 0.2) is 0 Å². The molecule has 0 bridgehead atoms. The highest BCUT2D eigenvalue weighted by atomic mass is 19.4. The number of hydrogen-bond donors (Lipinski definition) is 1. The summed E-state index contributed by atoms with van der Waals surface area (Å²) < 4.78 is 37.5. The van der Waals surface area contributed by atoms with Gasteiger partial charge in [-0.25, -0.2) is 0 Å². The van der Waals surface area contributed by atoms with Crippen LogP contribution in [0.5, 0.6) is 0 Å². The molecule has 0 saturated heterocycles. The van der Waals surface area contributed by atoms with Crippen molar-refractivity contribution in [3.8, 4) is 0 Å². The number of aliphatic carboxylic acids is 1. The number of anilines is 1. The first-order chi connectivity index (χ1) is 8.73. The van der Waals surface area contributed by atoms with Gasteiger partial charge in [-0.1, -0.05) is 18.2 Å². The number of carbonyl (C=O) groups excluding carboxylic acids is 1. The molecule has 0 spiro atoms. The van der Waals surface area contributed by atoms with E-state index in [0.717, 1.165) is 0 Å². The lowest BCUT2D eigenvalue weighted by atomic mass is 10.00. The molecule has 0 aliphatic carbocycles. The fraction of sp³-hybridized carbons (Fsp3) is 0.333. The molecule has 0 saturated carbocycles. The molecular formula is C12H10F3NO3. The van der Waals surface area contributed by atoms with Crippen LogP contribution < -0.4 is 4.90 Å². The third-order valence-electron chi connectivity index (χ3n) is 3.07. The third-order valence-corrected chi connectivity index (χ3v) is 3.07. The summed E-state index contributed by atoms with van der Waals surface area (Å²) in [5.74, 6) is -4.41. The maximum atomic E-state index is 12.5. The molecule has 1 N–H and O–H groups in total. The number of carboxylic acid groups (broad SMARTS) is 1. The number of aryl methyl sites for hydroxylation is 1. The number of amides is 1. The minimum Gasteiger partial charge on any atom is -0.481 e. The van der Waals surface area contributed by atoms with Gasteiger partial charge in [0.25, 0.3) is 0 Å². The average molecular weight is 273 g/mol. The van der Waals surface area contributed by atoms with Crippen molar-refractivity contribution in [2.24, 2.45) is 0 Å². The SMILES string of the molecule is Cc1cccc2c1N(C(=O)C(F)(F)F)CC2C(=O)O. The van der Waals surface area contributed by atoms with Gasteiger partial charge in [0.2, 0.25) is 0 Å². The van der Waals surface area contributed by atoms with Crippen LogP contribution in [0, 0.1) is 6.92 Å². The van der Waals surface area contributed by atoms with Crippen LogP contribution in [0.25, 0.3) is 0 Å². The lowest BCUT2D eigenvalue weighted by Gasteiger charge is -2.20. The van der Waals surface area contributed by atoms with Crippen molar-refractivity contribution < 1.29 is 27.9 Å². The second kappa shape index (κ2) is 4.25. The molecule has 1 heterocycles. The highest BCUT2D eigenvalue weighted by Gasteiger charge is 2.48. The molecule has 7 heteroatoms. The molecule has 0 radical (unpaired) electrons. The van der Waals surface area contributed by atoms with Crippen LogP contribution in [0.3, 0.4) is 0 Å². The third kappa shape index (κ3) is 2.16. The monoisotopic (exact) mass is 273 g/mol. The molecule has 4 nitrogen and oxygen atoms in total. The Bertz CT molecular complexity index is 554. The van der Waals surface area contributed by atoms with Gasteiger partial charge in [-0.15, -0.1) is 0 Å². The van der Waals surface area contributed by atoms with Crippen molar-refractivity contribution in [1.82, 2.24) is 0 Å². The van der Waals surface area contributed by atoms with E-state index in [-0.39, 0.29) is 11.3 Å². The smallest absolute Gasteiger partial charge is 0.471 e. The largest absolute Gasteiger partial charge is 0.481 e. The molecule has 1 unspecified atom stereocenters. The first-order valence-corrected chi connectivity index (χ1v) is 5.44. The first-order valence-electron chi connectivity index (χ1n) is 5.44. The lowest BCUT2D eigenvalue weighted by molar-refractivity contribution is -0.170.